The van der Waals surface area contributed by atoms with Crippen LogP contribution < -0.4 is 20.9 Å². The monoisotopic (exact) mass is 505 g/mol. The number of nitrogens with one attached hydrogen (secondary N) is 3. The fourth-order valence-corrected chi connectivity index (χ4v) is 7.02. The maximum absolute atomic E-state index is 12.7. The molecule has 4 fully saturated rings. The van der Waals surface area contributed by atoms with E-state index in [1.807, 2.05) is 0 Å². The second-order valence-corrected chi connectivity index (χ2v) is 11.4. The summed E-state index contributed by atoms with van der Waals surface area (Å²) >= 11 is 0. The van der Waals surface area contributed by atoms with Crippen molar-refractivity contribution in [2.75, 3.05) is 43.4 Å². The van der Waals surface area contributed by atoms with Gasteiger partial charge in [-0.05, 0) is 69.5 Å². The highest BCUT2D eigenvalue weighted by molar-refractivity contribution is 6.03. The quantitative estimate of drug-likeness (QED) is 0.542. The molecule has 1 aliphatic carbocycles. The van der Waals surface area contributed by atoms with Crippen LogP contribution in [0.4, 0.5) is 11.4 Å². The van der Waals surface area contributed by atoms with E-state index < -0.39 is 5.66 Å². The third-order valence-electron chi connectivity index (χ3n) is 9.08. The molecule has 3 N–H and O–H groups in total. The highest BCUT2D eigenvalue weighted by atomic mass is 16.2. The number of rotatable bonds is 4. The van der Waals surface area contributed by atoms with Gasteiger partial charge in [-0.2, -0.15) is 0 Å². The van der Waals surface area contributed by atoms with E-state index in [0.717, 1.165) is 57.5 Å². The smallest absolute Gasteiger partial charge is 0.231 e. The minimum atomic E-state index is -0.544. The molecule has 0 spiro atoms. The molecule has 0 aromatic heterocycles. The van der Waals surface area contributed by atoms with Crippen LogP contribution in [0.1, 0.15) is 51.9 Å². The highest BCUT2D eigenvalue weighted by Crippen LogP contribution is 2.46. The molecule has 0 radical (unpaired) electrons. The fraction of sp³-hybridized carbons (Fsp3) is 0.607. The molecular formula is C28H39N7O2. The fourth-order valence-electron chi connectivity index (χ4n) is 7.02. The highest BCUT2D eigenvalue weighted by Gasteiger charge is 2.53. The molecule has 3 unspecified atom stereocenters. The van der Waals surface area contributed by atoms with E-state index >= 15 is 0 Å². The molecule has 1 aromatic carbocycles. The summed E-state index contributed by atoms with van der Waals surface area (Å²) in [5, 5.41) is 9.43. The Morgan fingerprint density at radius 3 is 2.43 bits per heavy atom. The van der Waals surface area contributed by atoms with E-state index in [9.17, 15) is 9.59 Å². The van der Waals surface area contributed by atoms with E-state index in [1.54, 1.807) is 0 Å². The van der Waals surface area contributed by atoms with Gasteiger partial charge >= 0.3 is 0 Å². The molecule has 3 saturated heterocycles. The van der Waals surface area contributed by atoms with Crippen LogP contribution in [-0.2, 0) is 9.59 Å². The van der Waals surface area contributed by atoms with Crippen LogP contribution in [0.15, 0.2) is 41.0 Å². The number of nitrogens with zero attached hydrogens (tertiary/aromatic N) is 4. The number of aliphatic imine (C=N–C) groups is 1. The number of likely N-dealkylation sites (N-methyl/N-ethyl adjacent to an activating group) is 1. The van der Waals surface area contributed by atoms with E-state index in [2.05, 4.69) is 75.1 Å². The Balaban J connectivity index is 1.24. The summed E-state index contributed by atoms with van der Waals surface area (Å²) in [5.74, 6) is 0.152. The molecule has 37 heavy (non-hydrogen) atoms. The summed E-state index contributed by atoms with van der Waals surface area (Å²) in [4.78, 5) is 37.4. The maximum atomic E-state index is 12.7. The van der Waals surface area contributed by atoms with Gasteiger partial charge < -0.3 is 20.4 Å². The molecule has 9 nitrogen and oxygen atoms in total. The minimum Gasteiger partial charge on any atom is -0.369 e. The number of piperidine rings is 1. The summed E-state index contributed by atoms with van der Waals surface area (Å²) in [5.41, 5.74) is 2.94. The SMILES string of the molecule is CN1CCN(c2ccc(NC3=NC4(C)C(=CN3)CCC(C3CC(=O)NC3=O)N4C3CCCC3)cc2)CC1. The lowest BCUT2D eigenvalue weighted by atomic mass is 9.79. The topological polar surface area (TPSA) is 92.3 Å². The van der Waals surface area contributed by atoms with Gasteiger partial charge in [0, 0.05) is 62.3 Å². The summed E-state index contributed by atoms with van der Waals surface area (Å²) in [6.07, 6.45) is 8.75. The molecule has 4 aliphatic heterocycles. The van der Waals surface area contributed by atoms with Gasteiger partial charge in [-0.15, -0.1) is 0 Å². The number of fused-ring (bicyclic) bond motifs is 1. The number of likely N-dealkylation sites (tertiary alicyclic amines) is 1. The molecule has 1 aromatic rings. The first kappa shape index (κ1) is 24.4. The van der Waals surface area contributed by atoms with Crippen molar-refractivity contribution in [2.24, 2.45) is 10.9 Å². The molecule has 9 heteroatoms. The number of piperazine rings is 1. The number of carbonyl (C=O) groups excluding carboxylic acids is 2. The Labute approximate surface area is 219 Å². The van der Waals surface area contributed by atoms with Gasteiger partial charge in [0.05, 0.1) is 5.92 Å². The van der Waals surface area contributed by atoms with Gasteiger partial charge in [-0.1, -0.05) is 12.8 Å². The van der Waals surface area contributed by atoms with Crippen LogP contribution in [0.25, 0.3) is 0 Å². The van der Waals surface area contributed by atoms with Gasteiger partial charge in [0.15, 0.2) is 0 Å². The first-order chi connectivity index (χ1) is 17.9. The number of anilines is 2. The second-order valence-electron chi connectivity index (χ2n) is 11.4. The molecule has 2 amide bonds. The normalized spacial score (nSPS) is 31.5. The summed E-state index contributed by atoms with van der Waals surface area (Å²) in [6, 6.07) is 8.98. The molecule has 0 bridgehead atoms. The average molecular weight is 506 g/mol. The van der Waals surface area contributed by atoms with Crippen molar-refractivity contribution in [3.8, 4) is 0 Å². The van der Waals surface area contributed by atoms with Crippen molar-refractivity contribution >= 4 is 29.1 Å². The van der Waals surface area contributed by atoms with Crippen molar-refractivity contribution in [1.29, 1.82) is 0 Å². The minimum absolute atomic E-state index is 0.0164. The Kier molecular flexibility index (Phi) is 6.44. The largest absolute Gasteiger partial charge is 0.369 e. The van der Waals surface area contributed by atoms with Crippen molar-refractivity contribution < 1.29 is 9.59 Å². The third kappa shape index (κ3) is 4.63. The zero-order valence-electron chi connectivity index (χ0n) is 22.0. The van der Waals surface area contributed by atoms with Gasteiger partial charge in [0.25, 0.3) is 0 Å². The maximum Gasteiger partial charge on any atom is 0.231 e. The molecule has 4 heterocycles. The Morgan fingerprint density at radius 2 is 1.76 bits per heavy atom. The van der Waals surface area contributed by atoms with Gasteiger partial charge in [0.2, 0.25) is 17.8 Å². The van der Waals surface area contributed by atoms with Crippen LogP contribution in [0.5, 0.6) is 0 Å². The van der Waals surface area contributed by atoms with Crippen molar-refractivity contribution in [3.05, 3.63) is 36.0 Å². The van der Waals surface area contributed by atoms with Crippen LogP contribution in [0.2, 0.25) is 0 Å². The van der Waals surface area contributed by atoms with Gasteiger partial charge in [-0.25, -0.2) is 4.99 Å². The molecule has 6 rings (SSSR count). The number of guanidine groups is 1. The van der Waals surface area contributed by atoms with Crippen LogP contribution >= 0.6 is 0 Å². The van der Waals surface area contributed by atoms with E-state index in [1.165, 1.54) is 24.1 Å². The first-order valence-corrected chi connectivity index (χ1v) is 13.9. The van der Waals surface area contributed by atoms with Crippen molar-refractivity contribution in [3.63, 3.8) is 0 Å². The standard InChI is InChI=1S/C28H39N7O2/c1-28-19(7-12-24(23-17-25(36)31-26(23)37)35(28)22-5-3-4-6-22)18-29-27(32-28)30-20-8-10-21(11-9-20)34-15-13-33(2)14-16-34/h8-11,18,22-24H,3-7,12-17H2,1-2H3,(H2,29,30,32)(H,31,36,37). The Bertz CT molecular complexity index is 1100. The lowest BCUT2D eigenvalue weighted by Crippen LogP contribution is -2.63. The number of carbonyl (C=O) groups is 2. The lowest BCUT2D eigenvalue weighted by molar-refractivity contribution is -0.127. The number of hydrogen-bond donors (Lipinski definition) is 3. The molecule has 3 atom stereocenters. The Hall–Kier alpha value is -2.91. The zero-order chi connectivity index (χ0) is 25.6. The van der Waals surface area contributed by atoms with Crippen LogP contribution in [0, 0.1) is 5.92 Å². The van der Waals surface area contributed by atoms with E-state index in [-0.39, 0.29) is 30.2 Å². The summed E-state index contributed by atoms with van der Waals surface area (Å²) < 4.78 is 0. The third-order valence-corrected chi connectivity index (χ3v) is 9.08. The van der Waals surface area contributed by atoms with Crippen molar-refractivity contribution in [1.82, 2.24) is 20.4 Å². The summed E-state index contributed by atoms with van der Waals surface area (Å²) in [6.45, 7) is 6.46. The van der Waals surface area contributed by atoms with Gasteiger partial charge in [0.1, 0.15) is 5.66 Å². The van der Waals surface area contributed by atoms with E-state index in [0.29, 0.717) is 12.0 Å². The first-order valence-electron chi connectivity index (χ1n) is 13.9. The second kappa shape index (κ2) is 9.76. The average Bonchev–Trinajstić information content (AvgIpc) is 3.53. The molecule has 198 valence electrons. The Morgan fingerprint density at radius 1 is 1.03 bits per heavy atom. The van der Waals surface area contributed by atoms with Crippen molar-refractivity contribution in [2.45, 2.75) is 69.6 Å². The van der Waals surface area contributed by atoms with E-state index in [4.69, 9.17) is 4.99 Å². The van der Waals surface area contributed by atoms with Crippen LogP contribution in [0.3, 0.4) is 0 Å². The number of imide groups is 1. The predicted octanol–water partition coefficient (Wildman–Crippen LogP) is 2.48. The van der Waals surface area contributed by atoms with Gasteiger partial charge in [-0.3, -0.25) is 19.8 Å². The molecular weight excluding hydrogens is 466 g/mol. The predicted molar refractivity (Wildman–Crippen MR) is 145 cm³/mol. The zero-order valence-corrected chi connectivity index (χ0v) is 22.0. The van der Waals surface area contributed by atoms with Crippen LogP contribution in [-0.4, -0.2) is 78.5 Å². The number of hydrogen-bond acceptors (Lipinski definition) is 8. The lowest BCUT2D eigenvalue weighted by Gasteiger charge is -2.53. The molecule has 1 saturated carbocycles. The summed E-state index contributed by atoms with van der Waals surface area (Å²) in [7, 11) is 2.17. The number of amides is 2. The number of benzene rings is 1. The molecule has 5 aliphatic rings.